The van der Waals surface area contributed by atoms with Crippen LogP contribution in [0.2, 0.25) is 0 Å². The van der Waals surface area contributed by atoms with E-state index in [1.807, 2.05) is 6.92 Å². The summed E-state index contributed by atoms with van der Waals surface area (Å²) in [7, 11) is 0. The van der Waals surface area contributed by atoms with Crippen molar-refractivity contribution >= 4 is 6.47 Å². The number of hydrogen-bond acceptors (Lipinski definition) is 2. The van der Waals surface area contributed by atoms with Crippen molar-refractivity contribution in [2.24, 2.45) is 5.41 Å². The van der Waals surface area contributed by atoms with Gasteiger partial charge in [0.2, 0.25) is 0 Å². The molecule has 0 saturated carbocycles. The van der Waals surface area contributed by atoms with Crippen LogP contribution in [0.15, 0.2) is 0 Å². The summed E-state index contributed by atoms with van der Waals surface area (Å²) in [5, 5.41) is 0. The molecule has 0 amide bonds. The Balaban J connectivity index is 3.25. The molecule has 0 aromatic carbocycles. The first-order valence-corrected chi connectivity index (χ1v) is 5.55. The molecule has 0 aromatic heterocycles. The summed E-state index contributed by atoms with van der Waals surface area (Å²) in [6, 6.07) is 0. The van der Waals surface area contributed by atoms with Crippen LogP contribution in [0, 0.1) is 5.41 Å². The average molecular weight is 200 g/mol. The Bertz CT molecular complexity index is 147. The van der Waals surface area contributed by atoms with E-state index >= 15 is 0 Å². The van der Waals surface area contributed by atoms with Gasteiger partial charge in [-0.1, -0.05) is 33.6 Å². The van der Waals surface area contributed by atoms with Gasteiger partial charge >= 0.3 is 0 Å². The monoisotopic (exact) mass is 200 g/mol. The summed E-state index contributed by atoms with van der Waals surface area (Å²) >= 11 is 0. The van der Waals surface area contributed by atoms with Crippen LogP contribution in [0.3, 0.4) is 0 Å². The molecule has 2 heteroatoms. The lowest BCUT2D eigenvalue weighted by atomic mass is 9.89. The van der Waals surface area contributed by atoms with Crippen molar-refractivity contribution in [2.45, 2.75) is 65.9 Å². The Morgan fingerprint density at radius 2 is 1.86 bits per heavy atom. The molecule has 0 aliphatic carbocycles. The first-order valence-electron chi connectivity index (χ1n) is 5.55. The lowest BCUT2D eigenvalue weighted by Crippen LogP contribution is -2.07. The molecule has 84 valence electrons. The van der Waals surface area contributed by atoms with Gasteiger partial charge in [0.1, 0.15) is 0 Å². The van der Waals surface area contributed by atoms with Crippen LogP contribution in [0.25, 0.3) is 0 Å². The molecular weight excluding hydrogens is 176 g/mol. The highest BCUT2D eigenvalue weighted by atomic mass is 16.5. The third-order valence-corrected chi connectivity index (χ3v) is 2.33. The van der Waals surface area contributed by atoms with Gasteiger partial charge in [-0.05, 0) is 31.6 Å². The first kappa shape index (κ1) is 13.5. The zero-order valence-electron chi connectivity index (χ0n) is 10.0. The molecule has 0 aliphatic rings. The van der Waals surface area contributed by atoms with Gasteiger partial charge in [0.25, 0.3) is 6.47 Å². The lowest BCUT2D eigenvalue weighted by Gasteiger charge is -2.17. The number of rotatable bonds is 7. The minimum atomic E-state index is 0.0853. The van der Waals surface area contributed by atoms with E-state index in [-0.39, 0.29) is 6.10 Å². The summed E-state index contributed by atoms with van der Waals surface area (Å²) in [6.45, 7) is 9.29. The number of carbonyl (C=O) groups is 1. The third kappa shape index (κ3) is 9.56. The molecule has 0 aromatic rings. The van der Waals surface area contributed by atoms with Crippen molar-refractivity contribution in [1.29, 1.82) is 0 Å². The molecule has 0 rings (SSSR count). The zero-order chi connectivity index (χ0) is 11.0. The van der Waals surface area contributed by atoms with Crippen LogP contribution in [-0.4, -0.2) is 12.6 Å². The summed E-state index contributed by atoms with van der Waals surface area (Å²) < 4.78 is 4.81. The van der Waals surface area contributed by atoms with Gasteiger partial charge in [0.15, 0.2) is 0 Å². The molecule has 0 heterocycles. The third-order valence-electron chi connectivity index (χ3n) is 2.33. The minimum absolute atomic E-state index is 0.0853. The number of hydrogen-bond donors (Lipinski definition) is 0. The smallest absolute Gasteiger partial charge is 0.293 e. The van der Waals surface area contributed by atoms with Gasteiger partial charge in [-0.25, -0.2) is 0 Å². The van der Waals surface area contributed by atoms with Crippen LogP contribution in [-0.2, 0) is 9.53 Å². The molecule has 0 fully saturated rings. The van der Waals surface area contributed by atoms with Gasteiger partial charge in [-0.3, -0.25) is 4.79 Å². The normalized spacial score (nSPS) is 13.7. The number of carbonyl (C=O) groups excluding carboxylic acids is 1. The van der Waals surface area contributed by atoms with Gasteiger partial charge < -0.3 is 4.74 Å². The molecule has 1 unspecified atom stereocenters. The van der Waals surface area contributed by atoms with Crippen LogP contribution in [0.4, 0.5) is 0 Å². The van der Waals surface area contributed by atoms with Crippen LogP contribution in [0.5, 0.6) is 0 Å². The van der Waals surface area contributed by atoms with Gasteiger partial charge in [-0.15, -0.1) is 0 Å². The Morgan fingerprint density at radius 3 is 2.36 bits per heavy atom. The van der Waals surface area contributed by atoms with Crippen molar-refractivity contribution in [1.82, 2.24) is 0 Å². The van der Waals surface area contributed by atoms with E-state index < -0.39 is 0 Å². The van der Waals surface area contributed by atoms with Gasteiger partial charge in [0, 0.05) is 0 Å². The van der Waals surface area contributed by atoms with Crippen molar-refractivity contribution in [3.63, 3.8) is 0 Å². The topological polar surface area (TPSA) is 26.3 Å². The second kappa shape index (κ2) is 6.86. The largest absolute Gasteiger partial charge is 0.465 e. The molecule has 0 N–H and O–H groups in total. The molecule has 0 radical (unpaired) electrons. The second-order valence-electron chi connectivity index (χ2n) is 5.20. The first-order chi connectivity index (χ1) is 6.45. The minimum Gasteiger partial charge on any atom is -0.465 e. The van der Waals surface area contributed by atoms with Crippen molar-refractivity contribution in [3.05, 3.63) is 0 Å². The summed E-state index contributed by atoms with van der Waals surface area (Å²) in [6.07, 6.45) is 6.02. The Kier molecular flexibility index (Phi) is 6.60. The van der Waals surface area contributed by atoms with Crippen molar-refractivity contribution in [2.75, 3.05) is 0 Å². The van der Waals surface area contributed by atoms with E-state index in [9.17, 15) is 4.79 Å². The molecule has 14 heavy (non-hydrogen) atoms. The van der Waals surface area contributed by atoms with Gasteiger partial charge in [-0.2, -0.15) is 0 Å². The predicted octanol–water partition coefficient (Wildman–Crippen LogP) is 3.54. The Hall–Kier alpha value is -0.530. The fraction of sp³-hybridized carbons (Fsp3) is 0.917. The van der Waals surface area contributed by atoms with Crippen LogP contribution in [0.1, 0.15) is 59.8 Å². The highest BCUT2D eigenvalue weighted by molar-refractivity contribution is 5.37. The van der Waals surface area contributed by atoms with Crippen molar-refractivity contribution < 1.29 is 9.53 Å². The zero-order valence-corrected chi connectivity index (χ0v) is 10.0. The predicted molar refractivity (Wildman–Crippen MR) is 59.2 cm³/mol. The van der Waals surface area contributed by atoms with E-state index in [0.717, 1.165) is 12.8 Å². The summed E-state index contributed by atoms with van der Waals surface area (Å²) in [4.78, 5) is 10.0. The Morgan fingerprint density at radius 1 is 1.21 bits per heavy atom. The lowest BCUT2D eigenvalue weighted by molar-refractivity contribution is -0.133. The maximum absolute atomic E-state index is 10.0. The van der Waals surface area contributed by atoms with E-state index in [2.05, 4.69) is 20.8 Å². The fourth-order valence-corrected chi connectivity index (χ4v) is 1.43. The van der Waals surface area contributed by atoms with E-state index in [1.165, 1.54) is 19.3 Å². The van der Waals surface area contributed by atoms with E-state index in [4.69, 9.17) is 4.74 Å². The fourth-order valence-electron chi connectivity index (χ4n) is 1.43. The van der Waals surface area contributed by atoms with E-state index in [1.54, 1.807) is 0 Å². The van der Waals surface area contributed by atoms with Crippen LogP contribution >= 0.6 is 0 Å². The quantitative estimate of drug-likeness (QED) is 0.464. The summed E-state index contributed by atoms with van der Waals surface area (Å²) in [5.41, 5.74) is 0.449. The summed E-state index contributed by atoms with van der Waals surface area (Å²) in [5.74, 6) is 0. The number of ether oxygens (including phenoxy) is 1. The molecule has 0 aliphatic heterocycles. The highest BCUT2D eigenvalue weighted by Crippen LogP contribution is 2.22. The van der Waals surface area contributed by atoms with Gasteiger partial charge in [0.05, 0.1) is 6.10 Å². The number of unbranched alkanes of at least 4 members (excludes halogenated alkanes) is 2. The molecule has 0 saturated heterocycles. The molecule has 1 atom stereocenters. The average Bonchev–Trinajstić information content (AvgIpc) is 2.02. The van der Waals surface area contributed by atoms with E-state index in [0.29, 0.717) is 11.9 Å². The Labute approximate surface area is 88.0 Å². The second-order valence-corrected chi connectivity index (χ2v) is 5.20. The maximum Gasteiger partial charge on any atom is 0.293 e. The standard InChI is InChI=1S/C12H24O2/c1-11(14-10-13)8-6-5-7-9-12(2,3)4/h10-11H,5-9H2,1-4H3. The highest BCUT2D eigenvalue weighted by Gasteiger charge is 2.09. The molecule has 0 bridgehead atoms. The SMILES string of the molecule is CC(CCCCCC(C)(C)C)OC=O. The maximum atomic E-state index is 10.0. The molecular formula is C12H24O2. The van der Waals surface area contributed by atoms with Crippen molar-refractivity contribution in [3.8, 4) is 0 Å². The molecule has 2 nitrogen and oxygen atoms in total. The molecule has 0 spiro atoms. The van der Waals surface area contributed by atoms with Crippen LogP contribution < -0.4 is 0 Å².